The van der Waals surface area contributed by atoms with Gasteiger partial charge in [0.25, 0.3) is 0 Å². The van der Waals surface area contributed by atoms with Crippen LogP contribution in [0.5, 0.6) is 0 Å². The number of hydrogen-bond acceptors (Lipinski definition) is 7. The predicted molar refractivity (Wildman–Crippen MR) is 228 cm³/mol. The largest absolute Gasteiger partial charge is 0.455 e. The molecule has 0 N–H and O–H groups in total. The molecular formula is C49H29N5OS. The third-order valence-electron chi connectivity index (χ3n) is 10.2. The van der Waals surface area contributed by atoms with Crippen LogP contribution in [0.2, 0.25) is 0 Å². The molecule has 0 aliphatic carbocycles. The predicted octanol–water partition coefficient (Wildman–Crippen LogP) is 12.9. The summed E-state index contributed by atoms with van der Waals surface area (Å²) in [5.74, 6) is 2.49. The van der Waals surface area contributed by atoms with Gasteiger partial charge in [0.1, 0.15) is 11.2 Å². The van der Waals surface area contributed by atoms with Crippen LogP contribution in [0.4, 0.5) is 0 Å². The molecule has 0 radical (unpaired) electrons. The molecule has 0 atom stereocenters. The summed E-state index contributed by atoms with van der Waals surface area (Å²) >= 11 is 1.71. The lowest BCUT2D eigenvalue weighted by Crippen LogP contribution is -2.00. The van der Waals surface area contributed by atoms with Gasteiger partial charge < -0.3 is 4.42 Å². The smallest absolute Gasteiger partial charge is 0.164 e. The first-order valence-electron chi connectivity index (χ1n) is 18.4. The van der Waals surface area contributed by atoms with E-state index in [1.165, 1.54) is 4.70 Å². The molecule has 0 saturated carbocycles. The van der Waals surface area contributed by atoms with Crippen LogP contribution in [0.3, 0.4) is 0 Å². The van der Waals surface area contributed by atoms with E-state index in [-0.39, 0.29) is 0 Å². The van der Waals surface area contributed by atoms with Crippen LogP contribution >= 0.6 is 11.3 Å². The Balaban J connectivity index is 1.08. The van der Waals surface area contributed by atoms with Crippen molar-refractivity contribution in [2.75, 3.05) is 0 Å². The number of thiophene rings is 1. The summed E-state index contributed by atoms with van der Waals surface area (Å²) in [6.07, 6.45) is 0. The maximum Gasteiger partial charge on any atom is 0.164 e. The van der Waals surface area contributed by atoms with Gasteiger partial charge in [-0.2, -0.15) is 0 Å². The van der Waals surface area contributed by atoms with Gasteiger partial charge >= 0.3 is 0 Å². The maximum atomic E-state index is 6.73. The highest BCUT2D eigenvalue weighted by Crippen LogP contribution is 2.43. The molecule has 7 heteroatoms. The summed E-state index contributed by atoms with van der Waals surface area (Å²) in [6, 6.07) is 59.8. The van der Waals surface area contributed by atoms with E-state index < -0.39 is 0 Å². The van der Waals surface area contributed by atoms with Crippen molar-refractivity contribution in [3.8, 4) is 67.9 Å². The van der Waals surface area contributed by atoms with E-state index in [2.05, 4.69) is 109 Å². The summed E-state index contributed by atoms with van der Waals surface area (Å²) < 4.78 is 8.93. The number of furan rings is 1. The normalized spacial score (nSPS) is 11.6. The molecule has 4 aromatic heterocycles. The van der Waals surface area contributed by atoms with E-state index in [0.717, 1.165) is 82.2 Å². The van der Waals surface area contributed by atoms with Crippen LogP contribution in [-0.4, -0.2) is 24.9 Å². The number of aromatic nitrogens is 5. The van der Waals surface area contributed by atoms with Gasteiger partial charge in [-0.3, -0.25) is 0 Å². The molecule has 0 spiro atoms. The van der Waals surface area contributed by atoms with Crippen LogP contribution in [0.25, 0.3) is 110 Å². The molecule has 6 nitrogen and oxygen atoms in total. The van der Waals surface area contributed by atoms with Crippen molar-refractivity contribution < 1.29 is 4.42 Å². The van der Waals surface area contributed by atoms with Gasteiger partial charge in [-0.1, -0.05) is 140 Å². The Hall–Kier alpha value is -7.35. The second-order valence-corrected chi connectivity index (χ2v) is 14.7. The van der Waals surface area contributed by atoms with E-state index in [9.17, 15) is 0 Å². The van der Waals surface area contributed by atoms with E-state index in [1.54, 1.807) is 11.3 Å². The highest BCUT2D eigenvalue weighted by Gasteiger charge is 2.21. The third-order valence-corrected chi connectivity index (χ3v) is 11.3. The number of fused-ring (bicyclic) bond motifs is 6. The summed E-state index contributed by atoms with van der Waals surface area (Å²) in [5.41, 5.74) is 10.2. The molecule has 0 fully saturated rings. The lowest BCUT2D eigenvalue weighted by Gasteiger charge is -2.10. The molecule has 56 heavy (non-hydrogen) atoms. The van der Waals surface area contributed by atoms with E-state index in [1.807, 2.05) is 66.7 Å². The van der Waals surface area contributed by atoms with Crippen molar-refractivity contribution in [1.82, 2.24) is 24.9 Å². The molecule has 7 aromatic carbocycles. The van der Waals surface area contributed by atoms with Crippen LogP contribution < -0.4 is 0 Å². The van der Waals surface area contributed by atoms with Crippen molar-refractivity contribution in [3.05, 3.63) is 176 Å². The Kier molecular flexibility index (Phi) is 7.57. The summed E-state index contributed by atoms with van der Waals surface area (Å²) in [6.45, 7) is 0. The van der Waals surface area contributed by atoms with Gasteiger partial charge in [0.05, 0.1) is 15.9 Å². The first kappa shape index (κ1) is 32.1. The fourth-order valence-corrected chi connectivity index (χ4v) is 8.58. The molecule has 4 heterocycles. The topological polar surface area (TPSA) is 77.6 Å². The number of para-hydroxylation sites is 1. The minimum atomic E-state index is 0.585. The lowest BCUT2D eigenvalue weighted by atomic mass is 10.0. The fraction of sp³-hybridized carbons (Fsp3) is 0. The number of rotatable bonds is 6. The highest BCUT2D eigenvalue weighted by molar-refractivity contribution is 7.26. The molecule has 0 unspecified atom stereocenters. The Morgan fingerprint density at radius 1 is 0.375 bits per heavy atom. The second kappa shape index (κ2) is 13.2. The molecule has 0 bridgehead atoms. The van der Waals surface area contributed by atoms with Crippen LogP contribution in [0.1, 0.15) is 0 Å². The monoisotopic (exact) mass is 735 g/mol. The Morgan fingerprint density at radius 3 is 1.66 bits per heavy atom. The van der Waals surface area contributed by atoms with Crippen molar-refractivity contribution in [2.45, 2.75) is 0 Å². The molecule has 11 rings (SSSR count). The van der Waals surface area contributed by atoms with Gasteiger partial charge in [-0.25, -0.2) is 24.9 Å². The van der Waals surface area contributed by atoms with Crippen molar-refractivity contribution >= 4 is 53.6 Å². The van der Waals surface area contributed by atoms with E-state index in [4.69, 9.17) is 29.3 Å². The zero-order valence-corrected chi connectivity index (χ0v) is 30.6. The van der Waals surface area contributed by atoms with Gasteiger partial charge in [-0.15, -0.1) is 11.3 Å². The van der Waals surface area contributed by atoms with Gasteiger partial charge in [0.15, 0.2) is 23.3 Å². The molecule has 0 saturated heterocycles. The van der Waals surface area contributed by atoms with Crippen LogP contribution in [-0.2, 0) is 0 Å². The summed E-state index contributed by atoms with van der Waals surface area (Å²) in [4.78, 5) is 25.5. The van der Waals surface area contributed by atoms with E-state index >= 15 is 0 Å². The molecule has 0 aliphatic heterocycles. The van der Waals surface area contributed by atoms with Crippen LogP contribution in [0, 0.1) is 0 Å². The third kappa shape index (κ3) is 5.52. The Bertz CT molecular complexity index is 3250. The zero-order valence-electron chi connectivity index (χ0n) is 29.8. The summed E-state index contributed by atoms with van der Waals surface area (Å²) in [7, 11) is 0. The minimum Gasteiger partial charge on any atom is -0.455 e. The average molecular weight is 736 g/mol. The van der Waals surface area contributed by atoms with Gasteiger partial charge in [-0.05, 0) is 47.5 Å². The molecule has 11 aromatic rings. The van der Waals surface area contributed by atoms with Gasteiger partial charge in [0, 0.05) is 48.7 Å². The average Bonchev–Trinajstić information content (AvgIpc) is 3.85. The lowest BCUT2D eigenvalue weighted by molar-refractivity contribution is 0.670. The zero-order chi connectivity index (χ0) is 37.0. The number of hydrogen-bond donors (Lipinski definition) is 0. The second-order valence-electron chi connectivity index (χ2n) is 13.7. The first-order valence-corrected chi connectivity index (χ1v) is 19.2. The molecule has 0 amide bonds. The van der Waals surface area contributed by atoms with Crippen molar-refractivity contribution in [1.29, 1.82) is 0 Å². The summed E-state index contributed by atoms with van der Waals surface area (Å²) in [5, 5.41) is 3.08. The molecule has 262 valence electrons. The molecular weight excluding hydrogens is 707 g/mol. The number of benzene rings is 7. The fourth-order valence-electron chi connectivity index (χ4n) is 7.43. The van der Waals surface area contributed by atoms with Crippen LogP contribution in [0.15, 0.2) is 180 Å². The van der Waals surface area contributed by atoms with Crippen molar-refractivity contribution in [3.63, 3.8) is 0 Å². The first-order chi connectivity index (χ1) is 27.7. The van der Waals surface area contributed by atoms with Gasteiger partial charge in [0.2, 0.25) is 0 Å². The highest BCUT2D eigenvalue weighted by atomic mass is 32.1. The standard InChI is InChI=1S/C49H29N5OS/c1-4-14-30(15-5-1)33-20-12-21-34(28-33)48-52-47(32-18-8-3-9-19-32)53-49(54-48)35-26-27-40-39(29-35)36-23-13-24-38(44(36)55-40)43-45-42(37-22-10-11-25-41(37)56-45)50-46(51-43)31-16-6-2-7-17-31/h1-29H. The van der Waals surface area contributed by atoms with E-state index in [0.29, 0.717) is 23.3 Å². The maximum absolute atomic E-state index is 6.73. The number of nitrogens with zero attached hydrogens (tertiary/aromatic N) is 5. The quantitative estimate of drug-likeness (QED) is 0.169. The minimum absolute atomic E-state index is 0.585. The SMILES string of the molecule is c1ccc(-c2cccc(-c3nc(-c4ccccc4)nc(-c4ccc5oc6c(-c7nc(-c8ccccc8)nc8c7sc7ccccc78)cccc6c5c4)n3)c2)cc1. The van der Waals surface area contributed by atoms with Crippen molar-refractivity contribution in [2.24, 2.45) is 0 Å². The molecule has 0 aliphatic rings. The Labute approximate surface area is 325 Å². The Morgan fingerprint density at radius 2 is 0.929 bits per heavy atom.